The van der Waals surface area contributed by atoms with Crippen LogP contribution in [0.25, 0.3) is 0 Å². The van der Waals surface area contributed by atoms with E-state index in [1.54, 1.807) is 17.5 Å². The summed E-state index contributed by atoms with van der Waals surface area (Å²) in [7, 11) is -2.23. The van der Waals surface area contributed by atoms with Crippen molar-refractivity contribution in [3.8, 4) is 17.2 Å². The predicted octanol–water partition coefficient (Wildman–Crippen LogP) is 2.96. The molecular weight excluding hydrogens is 516 g/mol. The van der Waals surface area contributed by atoms with Crippen molar-refractivity contribution in [1.82, 2.24) is 14.8 Å². The number of hydrogen-bond donors (Lipinski definition) is 1. The number of carbonyl (C=O) groups excluding carboxylic acids is 1. The molecule has 196 valence electrons. The van der Waals surface area contributed by atoms with E-state index in [1.165, 1.54) is 30.6 Å². The molecule has 0 bridgehead atoms. The van der Waals surface area contributed by atoms with E-state index >= 15 is 0 Å². The Kier molecular flexibility index (Phi) is 7.49. The van der Waals surface area contributed by atoms with Gasteiger partial charge in [-0.15, -0.1) is 11.3 Å². The van der Waals surface area contributed by atoms with Crippen molar-refractivity contribution in [2.45, 2.75) is 24.3 Å². The van der Waals surface area contributed by atoms with Crippen LogP contribution in [0.2, 0.25) is 0 Å². The third-order valence-corrected chi connectivity index (χ3v) is 8.60. The van der Waals surface area contributed by atoms with Crippen LogP contribution in [0.3, 0.4) is 0 Å². The fraction of sp³-hybridized carbons (Fsp3) is 0.360. The van der Waals surface area contributed by atoms with Gasteiger partial charge in [0, 0.05) is 44.5 Å². The number of anilines is 1. The molecule has 1 amide bonds. The maximum Gasteiger partial charge on any atom is 0.263 e. The molecule has 3 aromatic rings. The summed E-state index contributed by atoms with van der Waals surface area (Å²) in [4.78, 5) is 21.5. The second-order valence-corrected chi connectivity index (χ2v) is 11.3. The zero-order valence-corrected chi connectivity index (χ0v) is 22.0. The summed E-state index contributed by atoms with van der Waals surface area (Å²) in [6.07, 6.45) is 0.785. The molecule has 1 aromatic heterocycles. The highest BCUT2D eigenvalue weighted by molar-refractivity contribution is 7.93. The van der Waals surface area contributed by atoms with Crippen molar-refractivity contribution in [3.63, 3.8) is 0 Å². The molecule has 2 aliphatic rings. The number of hydrogen-bond acceptors (Lipinski definition) is 9. The van der Waals surface area contributed by atoms with Crippen LogP contribution < -0.4 is 18.9 Å². The third kappa shape index (κ3) is 6.14. The number of carbonyl (C=O) groups is 1. The van der Waals surface area contributed by atoms with Crippen LogP contribution in [0, 0.1) is 0 Å². The topological polar surface area (TPSA) is 110 Å². The molecular formula is C25H28N4O6S2. The van der Waals surface area contributed by atoms with Crippen molar-refractivity contribution in [1.29, 1.82) is 0 Å². The average molecular weight is 545 g/mol. The number of ether oxygens (including phenoxy) is 3. The lowest BCUT2D eigenvalue weighted by Crippen LogP contribution is -2.48. The van der Waals surface area contributed by atoms with Crippen molar-refractivity contribution >= 4 is 32.4 Å². The number of piperazine rings is 1. The summed E-state index contributed by atoms with van der Waals surface area (Å²) >= 11 is 1.20. The monoisotopic (exact) mass is 544 g/mol. The second-order valence-electron chi connectivity index (χ2n) is 8.77. The van der Waals surface area contributed by atoms with Crippen LogP contribution in [-0.2, 0) is 27.8 Å². The molecule has 10 nitrogen and oxygen atoms in total. The van der Waals surface area contributed by atoms with Gasteiger partial charge in [-0.25, -0.2) is 13.4 Å². The van der Waals surface area contributed by atoms with Crippen molar-refractivity contribution < 1.29 is 27.4 Å². The van der Waals surface area contributed by atoms with Crippen LogP contribution in [0.1, 0.15) is 17.7 Å². The van der Waals surface area contributed by atoms with Gasteiger partial charge in [-0.3, -0.25) is 14.4 Å². The highest BCUT2D eigenvalue weighted by atomic mass is 32.2. The van der Waals surface area contributed by atoms with E-state index in [1.807, 2.05) is 23.1 Å². The zero-order chi connectivity index (χ0) is 25.8. The largest absolute Gasteiger partial charge is 0.497 e. The lowest BCUT2D eigenvalue weighted by atomic mass is 10.1. The van der Waals surface area contributed by atoms with Gasteiger partial charge in [0.05, 0.1) is 17.7 Å². The van der Waals surface area contributed by atoms with Gasteiger partial charge in [-0.05, 0) is 48.4 Å². The number of fused-ring (bicyclic) bond motifs is 1. The Bertz CT molecular complexity index is 1350. The Morgan fingerprint density at radius 3 is 2.59 bits per heavy atom. The minimum absolute atomic E-state index is 0.0797. The molecule has 1 saturated heterocycles. The maximum atomic E-state index is 12.8. The van der Waals surface area contributed by atoms with Crippen molar-refractivity contribution in [2.24, 2.45) is 0 Å². The molecule has 0 unspecified atom stereocenters. The molecule has 12 heteroatoms. The van der Waals surface area contributed by atoms with Crippen LogP contribution in [0.4, 0.5) is 5.13 Å². The van der Waals surface area contributed by atoms with Gasteiger partial charge in [0.25, 0.3) is 10.0 Å². The second kappa shape index (κ2) is 11.0. The van der Waals surface area contributed by atoms with E-state index in [9.17, 15) is 13.2 Å². The highest BCUT2D eigenvalue weighted by Crippen LogP contribution is 2.33. The fourth-order valence-corrected chi connectivity index (χ4v) is 6.24. The average Bonchev–Trinajstić information content (AvgIpc) is 3.56. The SMILES string of the molecule is COc1ccc(S(=O)(=O)Nc2nc(CCC(=O)N3CCN(Cc4ccc5c(c4)OCO5)CC3)cs2)cc1. The summed E-state index contributed by atoms with van der Waals surface area (Å²) in [6, 6.07) is 12.1. The molecule has 2 aromatic carbocycles. The number of nitrogens with zero attached hydrogens (tertiary/aromatic N) is 3. The van der Waals surface area contributed by atoms with E-state index in [2.05, 4.69) is 14.6 Å². The molecule has 0 aliphatic carbocycles. The van der Waals surface area contributed by atoms with E-state index in [0.717, 1.165) is 36.7 Å². The highest BCUT2D eigenvalue weighted by Gasteiger charge is 2.22. The Morgan fingerprint density at radius 1 is 1.08 bits per heavy atom. The summed E-state index contributed by atoms with van der Waals surface area (Å²) in [5, 5.41) is 2.05. The number of rotatable bonds is 9. The van der Waals surface area contributed by atoms with Gasteiger partial charge in [-0.2, -0.15) is 0 Å². The smallest absolute Gasteiger partial charge is 0.263 e. The minimum Gasteiger partial charge on any atom is -0.497 e. The number of nitrogens with one attached hydrogen (secondary N) is 1. The van der Waals surface area contributed by atoms with E-state index < -0.39 is 10.0 Å². The molecule has 37 heavy (non-hydrogen) atoms. The van der Waals surface area contributed by atoms with E-state index in [-0.39, 0.29) is 22.7 Å². The van der Waals surface area contributed by atoms with Crippen LogP contribution in [0.5, 0.6) is 17.2 Å². The Morgan fingerprint density at radius 2 is 1.84 bits per heavy atom. The van der Waals surface area contributed by atoms with Crippen molar-refractivity contribution in [2.75, 3.05) is 44.8 Å². The lowest BCUT2D eigenvalue weighted by molar-refractivity contribution is -0.133. The molecule has 0 spiro atoms. The van der Waals surface area contributed by atoms with Gasteiger partial charge in [0.15, 0.2) is 16.6 Å². The third-order valence-electron chi connectivity index (χ3n) is 6.31. The van der Waals surface area contributed by atoms with Gasteiger partial charge in [0.2, 0.25) is 12.7 Å². The number of amides is 1. The fourth-order valence-electron chi connectivity index (χ4n) is 4.24. The summed E-state index contributed by atoms with van der Waals surface area (Å²) in [5.41, 5.74) is 1.85. The van der Waals surface area contributed by atoms with Crippen LogP contribution in [0.15, 0.2) is 52.7 Å². The number of methoxy groups -OCH3 is 1. The first-order valence-corrected chi connectivity index (χ1v) is 14.3. The standard InChI is InChI=1S/C25H28N4O6S2/c1-33-20-4-6-21(7-5-20)37(31,32)27-25-26-19(16-36-25)3-9-24(30)29-12-10-28(11-13-29)15-18-2-8-22-23(14-18)35-17-34-22/h2,4-8,14,16H,3,9-13,15,17H2,1H3,(H,26,27). The number of thiazole rings is 1. The zero-order valence-electron chi connectivity index (χ0n) is 20.4. The Labute approximate surface area is 219 Å². The van der Waals surface area contributed by atoms with Gasteiger partial charge >= 0.3 is 0 Å². The number of sulfonamides is 1. The van der Waals surface area contributed by atoms with Gasteiger partial charge in [-0.1, -0.05) is 6.07 Å². The molecule has 3 heterocycles. The van der Waals surface area contributed by atoms with Gasteiger partial charge in [0.1, 0.15) is 5.75 Å². The van der Waals surface area contributed by atoms with Crippen LogP contribution in [-0.4, -0.2) is 69.2 Å². The molecule has 2 aliphatic heterocycles. The predicted molar refractivity (Wildman–Crippen MR) is 139 cm³/mol. The normalized spacial score (nSPS) is 15.5. The quantitative estimate of drug-likeness (QED) is 0.438. The minimum atomic E-state index is -3.76. The summed E-state index contributed by atoms with van der Waals surface area (Å²) in [6.45, 7) is 4.01. The Balaban J connectivity index is 1.07. The molecule has 5 rings (SSSR count). The molecule has 0 radical (unpaired) electrons. The lowest BCUT2D eigenvalue weighted by Gasteiger charge is -2.34. The number of aromatic nitrogens is 1. The summed E-state index contributed by atoms with van der Waals surface area (Å²) in [5.74, 6) is 2.22. The van der Waals surface area contributed by atoms with E-state index in [4.69, 9.17) is 14.2 Å². The molecule has 0 saturated carbocycles. The number of aryl methyl sites for hydroxylation is 1. The van der Waals surface area contributed by atoms with Crippen molar-refractivity contribution in [3.05, 3.63) is 59.1 Å². The maximum absolute atomic E-state index is 12.8. The van der Waals surface area contributed by atoms with E-state index in [0.29, 0.717) is 37.4 Å². The first-order valence-electron chi connectivity index (χ1n) is 11.9. The molecule has 0 atom stereocenters. The first-order chi connectivity index (χ1) is 17.9. The van der Waals surface area contributed by atoms with Crippen LogP contribution >= 0.6 is 11.3 Å². The molecule has 1 fully saturated rings. The van der Waals surface area contributed by atoms with Gasteiger partial charge < -0.3 is 19.1 Å². The Hall–Kier alpha value is -3.35. The number of benzene rings is 2. The summed E-state index contributed by atoms with van der Waals surface area (Å²) < 4.78 is 43.6. The molecule has 1 N–H and O–H groups in total. The first kappa shape index (κ1) is 25.3.